The summed E-state index contributed by atoms with van der Waals surface area (Å²) >= 11 is 1.72. The summed E-state index contributed by atoms with van der Waals surface area (Å²) in [6.07, 6.45) is 8.99. The Kier molecular flexibility index (Phi) is 8.68. The maximum absolute atomic E-state index is 4.94. The first-order valence-electron chi connectivity index (χ1n) is 8.94. The lowest BCUT2D eigenvalue weighted by atomic mass is 9.85. The van der Waals surface area contributed by atoms with Gasteiger partial charge in [0.15, 0.2) is 0 Å². The van der Waals surface area contributed by atoms with Gasteiger partial charge in [0, 0.05) is 6.42 Å². The summed E-state index contributed by atoms with van der Waals surface area (Å²) in [5.41, 5.74) is 5.43. The highest BCUT2D eigenvalue weighted by Crippen LogP contribution is 2.39. The van der Waals surface area contributed by atoms with Gasteiger partial charge in [-0.05, 0) is 60.7 Å². The van der Waals surface area contributed by atoms with Crippen LogP contribution >= 0.6 is 11.8 Å². The predicted octanol–water partition coefficient (Wildman–Crippen LogP) is 7.44. The lowest BCUT2D eigenvalue weighted by Gasteiger charge is -2.20. The molecule has 0 saturated heterocycles. The van der Waals surface area contributed by atoms with Crippen LogP contribution in [0.25, 0.3) is 0 Å². The Morgan fingerprint density at radius 2 is 1.83 bits per heavy atom. The third-order valence-corrected chi connectivity index (χ3v) is 5.18. The largest absolute Gasteiger partial charge is 0.246 e. The van der Waals surface area contributed by atoms with Gasteiger partial charge in [-0.25, -0.2) is 4.99 Å². The highest BCUT2D eigenvalue weighted by atomic mass is 32.2. The second-order valence-corrected chi connectivity index (χ2v) is 7.75. The fraction of sp³-hybridized carbons (Fsp3) is 0.571. The van der Waals surface area contributed by atoms with Gasteiger partial charge in [0.05, 0.1) is 10.7 Å². The minimum atomic E-state index is 0.613. The van der Waals surface area contributed by atoms with E-state index in [1.807, 2.05) is 0 Å². The number of rotatable bonds is 8. The van der Waals surface area contributed by atoms with Crippen molar-refractivity contribution in [2.24, 2.45) is 10.9 Å². The molecule has 0 radical (unpaired) electrons. The first kappa shape index (κ1) is 20.0. The van der Waals surface area contributed by atoms with Gasteiger partial charge in [-0.2, -0.15) is 0 Å². The van der Waals surface area contributed by atoms with Crippen molar-refractivity contribution in [2.45, 2.75) is 73.1 Å². The molecule has 0 fully saturated rings. The van der Waals surface area contributed by atoms with Crippen LogP contribution in [0.4, 0.5) is 0 Å². The molecule has 1 aliphatic rings. The molecule has 1 nitrogen and oxygen atoms in total. The van der Waals surface area contributed by atoms with Crippen molar-refractivity contribution in [3.63, 3.8) is 0 Å². The summed E-state index contributed by atoms with van der Waals surface area (Å²) in [5.74, 6) is 0.613. The summed E-state index contributed by atoms with van der Waals surface area (Å²) in [5, 5.41) is 1.18. The second kappa shape index (κ2) is 9.97. The van der Waals surface area contributed by atoms with E-state index in [2.05, 4.69) is 53.9 Å². The normalized spacial score (nSPS) is 19.0. The highest BCUT2D eigenvalue weighted by molar-refractivity contribution is 8.17. The number of hydrogen-bond donors (Lipinski definition) is 0. The van der Waals surface area contributed by atoms with Crippen LogP contribution in [0.5, 0.6) is 0 Å². The molecule has 1 aliphatic heterocycles. The Morgan fingerprint density at radius 3 is 2.26 bits per heavy atom. The molecule has 23 heavy (non-hydrogen) atoms. The van der Waals surface area contributed by atoms with Gasteiger partial charge in [-0.15, -0.1) is 0 Å². The monoisotopic (exact) mass is 331 g/mol. The van der Waals surface area contributed by atoms with Gasteiger partial charge in [0.25, 0.3) is 0 Å². The van der Waals surface area contributed by atoms with Gasteiger partial charge in [-0.3, -0.25) is 0 Å². The third-order valence-electron chi connectivity index (χ3n) is 4.36. The van der Waals surface area contributed by atoms with Crippen molar-refractivity contribution in [1.29, 1.82) is 0 Å². The maximum Gasteiger partial charge on any atom is 0.0827 e. The first-order valence-corrected chi connectivity index (χ1v) is 9.76. The predicted molar refractivity (Wildman–Crippen MR) is 108 cm³/mol. The Labute approximate surface area is 147 Å². The molecule has 0 aromatic rings. The van der Waals surface area contributed by atoms with E-state index >= 15 is 0 Å². The van der Waals surface area contributed by atoms with Crippen molar-refractivity contribution in [2.75, 3.05) is 0 Å². The molecule has 128 valence electrons. The van der Waals surface area contributed by atoms with Crippen LogP contribution in [0.15, 0.2) is 51.5 Å². The molecular formula is C21H33NS. The Balaban J connectivity index is 3.33. The topological polar surface area (TPSA) is 12.4 Å². The Hall–Kier alpha value is -1.02. The number of thioether (sulfide) groups is 1. The average Bonchev–Trinajstić information content (AvgIpc) is 2.90. The van der Waals surface area contributed by atoms with E-state index in [0.29, 0.717) is 5.92 Å². The van der Waals surface area contributed by atoms with E-state index in [4.69, 9.17) is 4.99 Å². The fourth-order valence-corrected chi connectivity index (χ4v) is 3.93. The number of aliphatic imine (C=N–C) groups is 1. The van der Waals surface area contributed by atoms with E-state index in [9.17, 15) is 0 Å². The lowest BCUT2D eigenvalue weighted by Crippen LogP contribution is -2.06. The number of hydrogen-bond acceptors (Lipinski definition) is 2. The number of allylic oxidation sites excluding steroid dienone is 5. The average molecular weight is 332 g/mol. The third kappa shape index (κ3) is 5.53. The van der Waals surface area contributed by atoms with E-state index in [1.165, 1.54) is 53.1 Å². The van der Waals surface area contributed by atoms with Crippen molar-refractivity contribution in [1.82, 2.24) is 0 Å². The molecule has 0 N–H and O–H groups in total. The summed E-state index contributed by atoms with van der Waals surface area (Å²) in [6, 6.07) is 0. The number of nitrogens with zero attached hydrogens (tertiary/aromatic N) is 1. The molecule has 0 saturated carbocycles. The zero-order valence-electron chi connectivity index (χ0n) is 15.7. The quantitative estimate of drug-likeness (QED) is 0.450. The van der Waals surface area contributed by atoms with Crippen LogP contribution in [0.1, 0.15) is 73.1 Å². The van der Waals surface area contributed by atoms with E-state index in [1.54, 1.807) is 11.8 Å². The van der Waals surface area contributed by atoms with Crippen LogP contribution in [-0.2, 0) is 0 Å². The SMILES string of the molecule is C=C/C(=C1/CC(SC(=C)C)=N/C1=C(/C)CC)C(CCC)CCC. The summed E-state index contributed by atoms with van der Waals surface area (Å²) in [6.45, 7) is 19.2. The van der Waals surface area contributed by atoms with Crippen LogP contribution in [-0.4, -0.2) is 5.04 Å². The second-order valence-electron chi connectivity index (χ2n) is 6.38. The molecule has 2 heteroatoms. The highest BCUT2D eigenvalue weighted by Gasteiger charge is 2.25. The Bertz CT molecular complexity index is 528. The zero-order valence-corrected chi connectivity index (χ0v) is 16.5. The van der Waals surface area contributed by atoms with Gasteiger partial charge in [0.1, 0.15) is 0 Å². The van der Waals surface area contributed by atoms with Gasteiger partial charge in [0.2, 0.25) is 0 Å². The van der Waals surface area contributed by atoms with Gasteiger partial charge < -0.3 is 0 Å². The van der Waals surface area contributed by atoms with E-state index in [0.717, 1.165) is 17.7 Å². The summed E-state index contributed by atoms with van der Waals surface area (Å²) in [7, 11) is 0. The van der Waals surface area contributed by atoms with Gasteiger partial charge in [-0.1, -0.05) is 64.6 Å². The van der Waals surface area contributed by atoms with E-state index < -0.39 is 0 Å². The molecular weight excluding hydrogens is 298 g/mol. The smallest absolute Gasteiger partial charge is 0.0827 e. The van der Waals surface area contributed by atoms with E-state index in [-0.39, 0.29) is 0 Å². The van der Waals surface area contributed by atoms with Crippen molar-refractivity contribution < 1.29 is 0 Å². The Morgan fingerprint density at radius 1 is 1.22 bits per heavy atom. The van der Waals surface area contributed by atoms with Gasteiger partial charge >= 0.3 is 0 Å². The molecule has 0 amide bonds. The van der Waals surface area contributed by atoms with Crippen molar-refractivity contribution in [3.8, 4) is 0 Å². The van der Waals surface area contributed by atoms with Crippen molar-refractivity contribution in [3.05, 3.63) is 46.6 Å². The molecule has 0 unspecified atom stereocenters. The lowest BCUT2D eigenvalue weighted by molar-refractivity contribution is 0.509. The standard InChI is InChI=1S/C21H33NS/c1-8-12-17(13-9-2)18(11-4)19-14-20(23-15(5)6)22-21(19)16(7)10-3/h11,17H,4-5,8-10,12-14H2,1-3,6-7H3/b19-18+,21-16-. The van der Waals surface area contributed by atoms with Crippen LogP contribution in [0.3, 0.4) is 0 Å². The first-order chi connectivity index (χ1) is 11.0. The summed E-state index contributed by atoms with van der Waals surface area (Å²) < 4.78 is 0. The minimum absolute atomic E-state index is 0.613. The van der Waals surface area contributed by atoms with Crippen molar-refractivity contribution >= 4 is 16.8 Å². The molecule has 0 bridgehead atoms. The summed E-state index contributed by atoms with van der Waals surface area (Å²) in [4.78, 5) is 6.05. The fourth-order valence-electron chi connectivity index (χ4n) is 3.17. The molecule has 1 rings (SSSR count). The molecule has 0 aromatic carbocycles. The zero-order chi connectivity index (χ0) is 17.4. The van der Waals surface area contributed by atoms with Crippen LogP contribution < -0.4 is 0 Å². The molecule has 0 spiro atoms. The molecule has 0 atom stereocenters. The van der Waals surface area contributed by atoms with Crippen LogP contribution in [0, 0.1) is 5.92 Å². The molecule has 0 aromatic heterocycles. The maximum atomic E-state index is 4.94. The van der Waals surface area contributed by atoms with Crippen LogP contribution in [0.2, 0.25) is 0 Å². The minimum Gasteiger partial charge on any atom is -0.246 e. The molecule has 1 heterocycles. The molecule has 0 aliphatic carbocycles.